The van der Waals surface area contributed by atoms with Gasteiger partial charge in [0.25, 0.3) is 0 Å². The Kier molecular flexibility index (Phi) is 6.75. The molecule has 0 saturated carbocycles. The van der Waals surface area contributed by atoms with Crippen molar-refractivity contribution in [3.63, 3.8) is 0 Å². The molecule has 0 bridgehead atoms. The van der Waals surface area contributed by atoms with Crippen molar-refractivity contribution in [3.8, 4) is 5.75 Å². The SMILES string of the molecule is CCNC(c1ccc(OCC)c(Br)c1)c1cc(Br)c(Br)s1. The summed E-state index contributed by atoms with van der Waals surface area (Å²) in [7, 11) is 0. The van der Waals surface area contributed by atoms with E-state index in [-0.39, 0.29) is 6.04 Å². The van der Waals surface area contributed by atoms with E-state index in [9.17, 15) is 0 Å². The quantitative estimate of drug-likeness (QED) is 0.518. The van der Waals surface area contributed by atoms with Crippen molar-refractivity contribution >= 4 is 59.1 Å². The Bertz CT molecular complexity index is 595. The van der Waals surface area contributed by atoms with Crippen LogP contribution < -0.4 is 10.1 Å². The van der Waals surface area contributed by atoms with E-state index in [1.54, 1.807) is 11.3 Å². The molecule has 1 heterocycles. The second kappa shape index (κ2) is 8.11. The van der Waals surface area contributed by atoms with Gasteiger partial charge in [-0.05, 0) is 85.0 Å². The first-order valence-corrected chi connectivity index (χ1v) is 9.86. The fourth-order valence-corrected chi connectivity index (χ4v) is 4.77. The van der Waals surface area contributed by atoms with Crippen molar-refractivity contribution in [2.24, 2.45) is 0 Å². The third-order valence-corrected chi connectivity index (χ3v) is 6.89. The standard InChI is InChI=1S/C15H16Br3NOS/c1-3-19-14(13-8-11(17)15(18)21-13)9-5-6-12(20-4-2)10(16)7-9/h5-8,14,19H,3-4H2,1-2H3. The van der Waals surface area contributed by atoms with Gasteiger partial charge in [0.1, 0.15) is 5.75 Å². The zero-order chi connectivity index (χ0) is 15.4. The summed E-state index contributed by atoms with van der Waals surface area (Å²) in [4.78, 5) is 1.27. The summed E-state index contributed by atoms with van der Waals surface area (Å²) in [6, 6.07) is 8.59. The van der Waals surface area contributed by atoms with Crippen LogP contribution in [0.2, 0.25) is 0 Å². The van der Waals surface area contributed by atoms with Gasteiger partial charge in [0.2, 0.25) is 0 Å². The molecule has 0 amide bonds. The van der Waals surface area contributed by atoms with E-state index < -0.39 is 0 Å². The molecule has 1 aromatic carbocycles. The Morgan fingerprint density at radius 3 is 2.43 bits per heavy atom. The van der Waals surface area contributed by atoms with Crippen LogP contribution in [-0.4, -0.2) is 13.2 Å². The van der Waals surface area contributed by atoms with Gasteiger partial charge in [-0.3, -0.25) is 0 Å². The second-order valence-electron chi connectivity index (χ2n) is 4.38. The van der Waals surface area contributed by atoms with E-state index >= 15 is 0 Å². The topological polar surface area (TPSA) is 21.3 Å². The van der Waals surface area contributed by atoms with Gasteiger partial charge in [0.05, 0.1) is 20.9 Å². The molecule has 0 spiro atoms. The summed E-state index contributed by atoms with van der Waals surface area (Å²) in [5, 5.41) is 3.54. The average Bonchev–Trinajstić information content (AvgIpc) is 2.78. The van der Waals surface area contributed by atoms with Gasteiger partial charge in [0, 0.05) is 9.35 Å². The van der Waals surface area contributed by atoms with Crippen LogP contribution in [-0.2, 0) is 0 Å². The summed E-state index contributed by atoms with van der Waals surface area (Å²) in [5.74, 6) is 0.880. The molecule has 1 aromatic heterocycles. The van der Waals surface area contributed by atoms with E-state index in [1.165, 1.54) is 10.4 Å². The first-order valence-electron chi connectivity index (χ1n) is 6.67. The third-order valence-electron chi connectivity index (χ3n) is 2.95. The summed E-state index contributed by atoms with van der Waals surface area (Å²) in [6.07, 6.45) is 0. The van der Waals surface area contributed by atoms with Crippen molar-refractivity contribution in [2.45, 2.75) is 19.9 Å². The number of rotatable bonds is 6. The molecule has 2 aromatic rings. The molecule has 0 aliphatic rings. The van der Waals surface area contributed by atoms with E-state index in [4.69, 9.17) is 4.74 Å². The normalized spacial score (nSPS) is 12.4. The minimum absolute atomic E-state index is 0.176. The molecule has 0 saturated heterocycles. The van der Waals surface area contributed by atoms with Gasteiger partial charge in [0.15, 0.2) is 0 Å². The van der Waals surface area contributed by atoms with Gasteiger partial charge < -0.3 is 10.1 Å². The molecule has 0 aliphatic carbocycles. The predicted molar refractivity (Wildman–Crippen MR) is 101 cm³/mol. The van der Waals surface area contributed by atoms with Crippen molar-refractivity contribution in [1.29, 1.82) is 0 Å². The number of halogens is 3. The zero-order valence-corrected chi connectivity index (χ0v) is 17.3. The van der Waals surface area contributed by atoms with Crippen LogP contribution in [0, 0.1) is 0 Å². The fraction of sp³-hybridized carbons (Fsp3) is 0.333. The van der Waals surface area contributed by atoms with E-state index in [1.807, 2.05) is 13.0 Å². The number of hydrogen-bond donors (Lipinski definition) is 1. The number of hydrogen-bond acceptors (Lipinski definition) is 3. The minimum Gasteiger partial charge on any atom is -0.493 e. The lowest BCUT2D eigenvalue weighted by Gasteiger charge is -2.18. The molecular weight excluding hydrogens is 482 g/mol. The lowest BCUT2D eigenvalue weighted by molar-refractivity contribution is 0.338. The van der Waals surface area contributed by atoms with Crippen LogP contribution in [0.1, 0.15) is 30.3 Å². The monoisotopic (exact) mass is 495 g/mol. The maximum atomic E-state index is 5.58. The van der Waals surface area contributed by atoms with Crippen LogP contribution in [0.4, 0.5) is 0 Å². The number of nitrogens with one attached hydrogen (secondary N) is 1. The predicted octanol–water partition coefficient (Wildman–Crippen LogP) is 6.13. The highest BCUT2D eigenvalue weighted by Gasteiger charge is 2.18. The lowest BCUT2D eigenvalue weighted by atomic mass is 10.1. The molecule has 114 valence electrons. The van der Waals surface area contributed by atoms with Crippen LogP contribution in [0.25, 0.3) is 0 Å². The maximum Gasteiger partial charge on any atom is 0.133 e. The maximum absolute atomic E-state index is 5.58. The Hall–Kier alpha value is 0.120. The highest BCUT2D eigenvalue weighted by Crippen LogP contribution is 2.39. The summed E-state index contributed by atoms with van der Waals surface area (Å²) in [5.41, 5.74) is 1.22. The van der Waals surface area contributed by atoms with Gasteiger partial charge in [-0.15, -0.1) is 11.3 Å². The van der Waals surface area contributed by atoms with Crippen molar-refractivity contribution in [3.05, 3.63) is 47.4 Å². The number of benzene rings is 1. The van der Waals surface area contributed by atoms with Crippen molar-refractivity contribution in [1.82, 2.24) is 5.32 Å². The van der Waals surface area contributed by atoms with Crippen LogP contribution >= 0.6 is 59.1 Å². The van der Waals surface area contributed by atoms with Crippen molar-refractivity contribution < 1.29 is 4.74 Å². The lowest BCUT2D eigenvalue weighted by Crippen LogP contribution is -2.21. The van der Waals surface area contributed by atoms with E-state index in [0.717, 1.165) is 25.0 Å². The summed E-state index contributed by atoms with van der Waals surface area (Å²) < 4.78 is 8.78. The number of thiophene rings is 1. The van der Waals surface area contributed by atoms with Gasteiger partial charge in [-0.2, -0.15) is 0 Å². The first-order chi connectivity index (χ1) is 10.1. The van der Waals surface area contributed by atoms with Gasteiger partial charge in [-0.25, -0.2) is 0 Å². The molecule has 6 heteroatoms. The molecular formula is C15H16Br3NOS. The first kappa shape index (κ1) is 17.5. The van der Waals surface area contributed by atoms with Crippen LogP contribution in [0.15, 0.2) is 37.0 Å². The van der Waals surface area contributed by atoms with Gasteiger partial charge >= 0.3 is 0 Å². The molecule has 2 nitrogen and oxygen atoms in total. The Balaban J connectivity index is 2.36. The zero-order valence-electron chi connectivity index (χ0n) is 11.8. The molecule has 1 unspecified atom stereocenters. The average molecular weight is 498 g/mol. The summed E-state index contributed by atoms with van der Waals surface area (Å²) in [6.45, 7) is 5.68. The molecule has 0 radical (unpaired) electrons. The smallest absolute Gasteiger partial charge is 0.133 e. The fourth-order valence-electron chi connectivity index (χ4n) is 2.06. The number of ether oxygens (including phenoxy) is 1. The van der Waals surface area contributed by atoms with Crippen molar-refractivity contribution in [2.75, 3.05) is 13.2 Å². The van der Waals surface area contributed by atoms with Crippen LogP contribution in [0.3, 0.4) is 0 Å². The molecule has 1 N–H and O–H groups in total. The molecule has 0 aliphatic heterocycles. The summed E-state index contributed by atoms with van der Waals surface area (Å²) >= 11 is 12.5. The third kappa shape index (κ3) is 4.32. The highest BCUT2D eigenvalue weighted by atomic mass is 79.9. The Morgan fingerprint density at radius 1 is 1.14 bits per heavy atom. The Morgan fingerprint density at radius 2 is 1.90 bits per heavy atom. The second-order valence-corrected chi connectivity index (χ2v) is 8.49. The van der Waals surface area contributed by atoms with E-state index in [0.29, 0.717) is 6.61 Å². The minimum atomic E-state index is 0.176. The Labute approximate surface area is 154 Å². The molecule has 0 fully saturated rings. The van der Waals surface area contributed by atoms with Gasteiger partial charge in [-0.1, -0.05) is 13.0 Å². The molecule has 1 atom stereocenters. The molecule has 2 rings (SSSR count). The van der Waals surface area contributed by atoms with E-state index in [2.05, 4.69) is 78.2 Å². The largest absolute Gasteiger partial charge is 0.493 e. The highest BCUT2D eigenvalue weighted by molar-refractivity contribution is 9.13. The van der Waals surface area contributed by atoms with Crippen LogP contribution in [0.5, 0.6) is 5.75 Å². The molecule has 21 heavy (non-hydrogen) atoms.